The maximum Gasteiger partial charge on any atom is 0.191 e. The lowest BCUT2D eigenvalue weighted by Crippen LogP contribution is -2.39. The van der Waals surface area contributed by atoms with Crippen molar-refractivity contribution in [3.8, 4) is 0 Å². The van der Waals surface area contributed by atoms with Crippen LogP contribution in [0.5, 0.6) is 0 Å². The van der Waals surface area contributed by atoms with Crippen LogP contribution in [0.4, 0.5) is 0 Å². The van der Waals surface area contributed by atoms with Gasteiger partial charge in [0.2, 0.25) is 0 Å². The summed E-state index contributed by atoms with van der Waals surface area (Å²) in [6.45, 7) is 7.59. The van der Waals surface area contributed by atoms with Gasteiger partial charge in [0, 0.05) is 38.6 Å². The Bertz CT molecular complexity index is 716. The van der Waals surface area contributed by atoms with Gasteiger partial charge in [0.05, 0.1) is 12.4 Å². The molecular weight excluding hydrogens is 477 g/mol. The van der Waals surface area contributed by atoms with Crippen LogP contribution in [0.1, 0.15) is 49.2 Å². The first-order chi connectivity index (χ1) is 13.8. The zero-order valence-corrected chi connectivity index (χ0v) is 19.9. The highest BCUT2D eigenvalue weighted by Gasteiger charge is 2.27. The topological polar surface area (TPSA) is 58.8 Å². The van der Waals surface area contributed by atoms with E-state index in [9.17, 15) is 0 Å². The van der Waals surface area contributed by atoms with Crippen molar-refractivity contribution in [3.63, 3.8) is 0 Å². The molecule has 1 aliphatic rings. The van der Waals surface area contributed by atoms with Gasteiger partial charge in [0.1, 0.15) is 5.76 Å². The molecule has 0 spiro atoms. The van der Waals surface area contributed by atoms with Crippen molar-refractivity contribution in [1.29, 1.82) is 0 Å². The molecule has 2 unspecified atom stereocenters. The van der Waals surface area contributed by atoms with Crippen LogP contribution in [0.15, 0.2) is 52.1 Å². The van der Waals surface area contributed by atoms with Crippen molar-refractivity contribution in [2.24, 2.45) is 10.9 Å². The number of benzene rings is 1. The van der Waals surface area contributed by atoms with Crippen LogP contribution in [-0.4, -0.2) is 32.2 Å². The Morgan fingerprint density at radius 1 is 1.14 bits per heavy atom. The van der Waals surface area contributed by atoms with Crippen LogP contribution in [0.25, 0.3) is 0 Å². The maximum atomic E-state index is 6.14. The first-order valence-corrected chi connectivity index (χ1v) is 10.5. The van der Waals surface area contributed by atoms with Crippen LogP contribution in [-0.2, 0) is 11.2 Å². The molecule has 2 heterocycles. The molecule has 1 aromatic heterocycles. The third kappa shape index (κ3) is 7.66. The van der Waals surface area contributed by atoms with Crippen molar-refractivity contribution in [3.05, 3.63) is 59.5 Å². The lowest BCUT2D eigenvalue weighted by molar-refractivity contribution is -0.0250. The molecule has 0 radical (unpaired) electrons. The van der Waals surface area contributed by atoms with E-state index in [1.165, 1.54) is 11.1 Å². The summed E-state index contributed by atoms with van der Waals surface area (Å²) in [5.74, 6) is 2.27. The van der Waals surface area contributed by atoms with Crippen LogP contribution in [0.2, 0.25) is 0 Å². The fourth-order valence-corrected chi connectivity index (χ4v) is 3.54. The molecule has 1 aliphatic heterocycles. The van der Waals surface area contributed by atoms with Gasteiger partial charge in [-0.2, -0.15) is 0 Å². The van der Waals surface area contributed by atoms with E-state index in [0.29, 0.717) is 5.92 Å². The molecule has 1 fully saturated rings. The second kappa shape index (κ2) is 12.9. The molecule has 160 valence electrons. The highest BCUT2D eigenvalue weighted by atomic mass is 127. The Balaban J connectivity index is 0.00000300. The number of nitrogens with one attached hydrogen (secondary N) is 2. The minimum Gasteiger partial charge on any atom is -0.469 e. The summed E-state index contributed by atoms with van der Waals surface area (Å²) in [4.78, 5) is 4.88. The molecule has 29 heavy (non-hydrogen) atoms. The molecule has 3 rings (SSSR count). The van der Waals surface area contributed by atoms with E-state index in [1.807, 2.05) is 12.1 Å². The second-order valence-electron chi connectivity index (χ2n) is 7.48. The quantitative estimate of drug-likeness (QED) is 0.302. The fraction of sp³-hybridized carbons (Fsp3) is 0.522. The number of rotatable bonds is 8. The normalized spacial score (nSPS) is 19.4. The van der Waals surface area contributed by atoms with Crippen molar-refractivity contribution in [1.82, 2.24) is 10.6 Å². The number of furan rings is 1. The number of guanidine groups is 1. The van der Waals surface area contributed by atoms with Crippen LogP contribution in [0, 0.1) is 12.8 Å². The van der Waals surface area contributed by atoms with E-state index in [0.717, 1.165) is 63.6 Å². The number of aliphatic imine (C=N–C) groups is 1. The van der Waals surface area contributed by atoms with E-state index >= 15 is 0 Å². The Labute approximate surface area is 191 Å². The molecule has 5 nitrogen and oxygen atoms in total. The summed E-state index contributed by atoms with van der Waals surface area (Å²) in [7, 11) is 0. The SMILES string of the molecule is CCCNC(=NCC1CCCOC1c1ccc(C)cc1)NCCc1ccco1.I. The van der Waals surface area contributed by atoms with Crippen molar-refractivity contribution in [2.45, 2.75) is 45.6 Å². The zero-order chi connectivity index (χ0) is 19.6. The minimum absolute atomic E-state index is 0. The minimum atomic E-state index is 0. The van der Waals surface area contributed by atoms with Gasteiger partial charge in [0.15, 0.2) is 5.96 Å². The Morgan fingerprint density at radius 3 is 2.66 bits per heavy atom. The van der Waals surface area contributed by atoms with Gasteiger partial charge in [-0.25, -0.2) is 0 Å². The average molecular weight is 511 g/mol. The van der Waals surface area contributed by atoms with Gasteiger partial charge in [0.25, 0.3) is 0 Å². The molecule has 2 aromatic rings. The van der Waals surface area contributed by atoms with E-state index in [4.69, 9.17) is 14.1 Å². The number of ether oxygens (including phenoxy) is 1. The van der Waals surface area contributed by atoms with Gasteiger partial charge in [-0.15, -0.1) is 24.0 Å². The largest absolute Gasteiger partial charge is 0.469 e. The summed E-state index contributed by atoms with van der Waals surface area (Å²) in [6.07, 6.45) is 6.01. The predicted octanol–water partition coefficient (Wildman–Crippen LogP) is 4.86. The number of hydrogen-bond donors (Lipinski definition) is 2. The third-order valence-corrected chi connectivity index (χ3v) is 5.12. The molecule has 2 N–H and O–H groups in total. The lowest BCUT2D eigenvalue weighted by atomic mass is 9.89. The fourth-order valence-electron chi connectivity index (χ4n) is 3.54. The van der Waals surface area contributed by atoms with Crippen molar-refractivity contribution in [2.75, 3.05) is 26.2 Å². The highest BCUT2D eigenvalue weighted by Crippen LogP contribution is 2.33. The number of hydrogen-bond acceptors (Lipinski definition) is 3. The monoisotopic (exact) mass is 511 g/mol. The van der Waals surface area contributed by atoms with E-state index in [2.05, 4.69) is 48.7 Å². The molecule has 1 saturated heterocycles. The third-order valence-electron chi connectivity index (χ3n) is 5.12. The summed E-state index contributed by atoms with van der Waals surface area (Å²) in [6, 6.07) is 12.6. The zero-order valence-electron chi connectivity index (χ0n) is 17.5. The average Bonchev–Trinajstić information content (AvgIpc) is 3.24. The molecule has 2 atom stereocenters. The standard InChI is InChI=1S/C23H33N3O2.HI/c1-3-13-24-23(25-14-12-21-7-5-15-27-21)26-17-20-6-4-16-28-22(20)19-10-8-18(2)9-11-19;/h5,7-11,15,20,22H,3-4,6,12-14,16-17H2,1-2H3,(H2,24,25,26);1H. The number of aryl methyl sites for hydroxylation is 1. The number of halogens is 1. The Hall–Kier alpha value is -1.54. The Morgan fingerprint density at radius 2 is 1.93 bits per heavy atom. The Kier molecular flexibility index (Phi) is 10.6. The summed E-state index contributed by atoms with van der Waals surface area (Å²) in [5, 5.41) is 6.85. The van der Waals surface area contributed by atoms with E-state index < -0.39 is 0 Å². The van der Waals surface area contributed by atoms with Crippen LogP contribution >= 0.6 is 24.0 Å². The summed E-state index contributed by atoms with van der Waals surface area (Å²) >= 11 is 0. The first-order valence-electron chi connectivity index (χ1n) is 10.5. The molecule has 0 bridgehead atoms. The maximum absolute atomic E-state index is 6.14. The number of nitrogens with zero attached hydrogens (tertiary/aromatic N) is 1. The van der Waals surface area contributed by atoms with Gasteiger partial charge >= 0.3 is 0 Å². The summed E-state index contributed by atoms with van der Waals surface area (Å²) in [5.41, 5.74) is 2.54. The smallest absolute Gasteiger partial charge is 0.191 e. The van der Waals surface area contributed by atoms with E-state index in [1.54, 1.807) is 6.26 Å². The van der Waals surface area contributed by atoms with Crippen LogP contribution in [0.3, 0.4) is 0 Å². The van der Waals surface area contributed by atoms with Gasteiger partial charge in [-0.3, -0.25) is 4.99 Å². The van der Waals surface area contributed by atoms with Crippen molar-refractivity contribution >= 4 is 29.9 Å². The van der Waals surface area contributed by atoms with Gasteiger partial charge in [-0.1, -0.05) is 36.8 Å². The first kappa shape index (κ1) is 23.7. The van der Waals surface area contributed by atoms with Gasteiger partial charge in [-0.05, 0) is 43.9 Å². The molecule has 0 aliphatic carbocycles. The van der Waals surface area contributed by atoms with Crippen LogP contribution < -0.4 is 10.6 Å². The molecule has 0 saturated carbocycles. The highest BCUT2D eigenvalue weighted by molar-refractivity contribution is 14.0. The summed E-state index contributed by atoms with van der Waals surface area (Å²) < 4.78 is 11.5. The molecule has 0 amide bonds. The molecule has 1 aromatic carbocycles. The lowest BCUT2D eigenvalue weighted by Gasteiger charge is -2.31. The molecular formula is C23H34IN3O2. The molecule has 6 heteroatoms. The predicted molar refractivity (Wildman–Crippen MR) is 129 cm³/mol. The second-order valence-corrected chi connectivity index (χ2v) is 7.48. The van der Waals surface area contributed by atoms with Gasteiger partial charge < -0.3 is 19.8 Å². The van der Waals surface area contributed by atoms with E-state index in [-0.39, 0.29) is 30.1 Å². The van der Waals surface area contributed by atoms with Crippen molar-refractivity contribution < 1.29 is 9.15 Å².